The van der Waals surface area contributed by atoms with Crippen LogP contribution >= 0.6 is 0 Å². The molecule has 3 heteroatoms. The normalized spacial score (nSPS) is 10.8. The van der Waals surface area contributed by atoms with Gasteiger partial charge in [0.05, 0.1) is 7.11 Å². The molecule has 1 aromatic carbocycles. The smallest absolute Gasteiger partial charge is 0.341 e. The third-order valence-electron chi connectivity index (χ3n) is 4.58. The van der Waals surface area contributed by atoms with E-state index in [1.54, 1.807) is 6.07 Å². The van der Waals surface area contributed by atoms with E-state index in [2.05, 4.69) is 6.92 Å². The minimum atomic E-state index is -0.472. The van der Waals surface area contributed by atoms with Crippen LogP contribution in [0.1, 0.15) is 92.6 Å². The molecule has 0 aromatic heterocycles. The molecule has 1 N–H and O–H groups in total. The predicted octanol–water partition coefficient (Wildman–Crippen LogP) is 5.95. The van der Waals surface area contributed by atoms with E-state index in [4.69, 9.17) is 4.74 Å². The number of phenolic OH excluding ortho intramolecular Hbond substituents is 1. The summed E-state index contributed by atoms with van der Waals surface area (Å²) in [6.07, 6.45) is 14.1. The molecule has 0 unspecified atom stereocenters. The summed E-state index contributed by atoms with van der Waals surface area (Å²) in [5, 5.41) is 9.97. The van der Waals surface area contributed by atoms with Gasteiger partial charge in [0.15, 0.2) is 0 Å². The molecule has 0 saturated heterocycles. The van der Waals surface area contributed by atoms with Gasteiger partial charge in [0.25, 0.3) is 0 Å². The van der Waals surface area contributed by atoms with Crippen LogP contribution in [-0.2, 0) is 11.2 Å². The summed E-state index contributed by atoms with van der Waals surface area (Å²) in [5.41, 5.74) is 2.12. The van der Waals surface area contributed by atoms with Gasteiger partial charge in [-0.1, -0.05) is 70.8 Å². The van der Waals surface area contributed by atoms with Crippen LogP contribution in [0.5, 0.6) is 5.75 Å². The van der Waals surface area contributed by atoms with Crippen molar-refractivity contribution in [3.8, 4) is 5.75 Å². The number of carbonyl (C=O) groups is 1. The fraction of sp³-hybridized carbons (Fsp3) is 0.667. The van der Waals surface area contributed by atoms with E-state index in [9.17, 15) is 9.90 Å². The topological polar surface area (TPSA) is 46.5 Å². The fourth-order valence-corrected chi connectivity index (χ4v) is 3.08. The number of benzene rings is 1. The maximum Gasteiger partial charge on any atom is 0.341 e. The zero-order valence-electron chi connectivity index (χ0n) is 15.7. The van der Waals surface area contributed by atoms with Gasteiger partial charge in [-0.2, -0.15) is 0 Å². The zero-order chi connectivity index (χ0) is 17.8. The Kier molecular flexibility index (Phi) is 10.2. The number of rotatable bonds is 12. The Labute approximate surface area is 147 Å². The Balaban J connectivity index is 2.26. The van der Waals surface area contributed by atoms with Gasteiger partial charge in [0.1, 0.15) is 11.3 Å². The van der Waals surface area contributed by atoms with Crippen molar-refractivity contribution in [3.05, 3.63) is 28.8 Å². The van der Waals surface area contributed by atoms with Crippen LogP contribution in [0, 0.1) is 6.92 Å². The first-order valence-electron chi connectivity index (χ1n) is 9.51. The van der Waals surface area contributed by atoms with E-state index < -0.39 is 5.97 Å². The lowest BCUT2D eigenvalue weighted by atomic mass is 9.99. The Morgan fingerprint density at radius 1 is 0.958 bits per heavy atom. The second-order valence-corrected chi connectivity index (χ2v) is 6.73. The van der Waals surface area contributed by atoms with Crippen LogP contribution in [0.15, 0.2) is 12.1 Å². The number of carbonyl (C=O) groups excluding carboxylic acids is 1. The molecule has 136 valence electrons. The molecular formula is C21H34O3. The van der Waals surface area contributed by atoms with Gasteiger partial charge in [-0.05, 0) is 37.0 Å². The molecule has 0 aliphatic heterocycles. The summed E-state index contributed by atoms with van der Waals surface area (Å²) in [7, 11) is 1.34. The molecule has 0 aliphatic carbocycles. The lowest BCUT2D eigenvalue weighted by molar-refractivity contribution is 0.0597. The molecule has 0 aliphatic rings. The van der Waals surface area contributed by atoms with E-state index in [0.717, 1.165) is 24.0 Å². The summed E-state index contributed by atoms with van der Waals surface area (Å²) in [6.45, 7) is 4.08. The number of hydrogen-bond acceptors (Lipinski definition) is 3. The molecule has 0 radical (unpaired) electrons. The first-order valence-corrected chi connectivity index (χ1v) is 9.51. The predicted molar refractivity (Wildman–Crippen MR) is 99.7 cm³/mol. The molecule has 0 bridgehead atoms. The van der Waals surface area contributed by atoms with Gasteiger partial charge in [0, 0.05) is 0 Å². The number of methoxy groups -OCH3 is 1. The fourth-order valence-electron chi connectivity index (χ4n) is 3.08. The number of esters is 1. The summed E-state index contributed by atoms with van der Waals surface area (Å²) in [4.78, 5) is 11.7. The van der Waals surface area contributed by atoms with Crippen molar-refractivity contribution in [1.29, 1.82) is 0 Å². The summed E-state index contributed by atoms with van der Waals surface area (Å²) in [5.74, 6) is -0.436. The Morgan fingerprint density at radius 2 is 1.50 bits per heavy atom. The molecule has 0 atom stereocenters. The standard InChI is InChI=1S/C21H34O3/c1-4-5-6-7-8-9-10-11-12-13-14-18-15-17(2)20(22)19(16-18)21(23)24-3/h15-16,22H,4-14H2,1-3H3. The summed E-state index contributed by atoms with van der Waals surface area (Å²) < 4.78 is 4.73. The average molecular weight is 335 g/mol. The quantitative estimate of drug-likeness (QED) is 0.379. The van der Waals surface area contributed by atoms with E-state index >= 15 is 0 Å². The highest BCUT2D eigenvalue weighted by Crippen LogP contribution is 2.25. The Morgan fingerprint density at radius 3 is 2.04 bits per heavy atom. The molecule has 24 heavy (non-hydrogen) atoms. The monoisotopic (exact) mass is 334 g/mol. The van der Waals surface area contributed by atoms with Crippen molar-refractivity contribution in [2.45, 2.75) is 84.5 Å². The van der Waals surface area contributed by atoms with E-state index in [-0.39, 0.29) is 11.3 Å². The van der Waals surface area contributed by atoms with E-state index in [1.165, 1.54) is 64.9 Å². The van der Waals surface area contributed by atoms with Gasteiger partial charge in [-0.25, -0.2) is 4.79 Å². The third kappa shape index (κ3) is 7.37. The molecule has 0 amide bonds. The molecule has 1 aromatic rings. The largest absolute Gasteiger partial charge is 0.507 e. The van der Waals surface area contributed by atoms with Crippen molar-refractivity contribution in [2.75, 3.05) is 7.11 Å². The zero-order valence-corrected chi connectivity index (χ0v) is 15.7. The third-order valence-corrected chi connectivity index (χ3v) is 4.58. The molecular weight excluding hydrogens is 300 g/mol. The maximum absolute atomic E-state index is 11.7. The van der Waals surface area contributed by atoms with Crippen molar-refractivity contribution < 1.29 is 14.6 Å². The first kappa shape index (κ1) is 20.5. The second kappa shape index (κ2) is 11.9. The van der Waals surface area contributed by atoms with Gasteiger partial charge < -0.3 is 9.84 Å². The summed E-state index contributed by atoms with van der Waals surface area (Å²) >= 11 is 0. The molecule has 0 heterocycles. The lowest BCUT2D eigenvalue weighted by Crippen LogP contribution is -2.04. The van der Waals surface area contributed by atoms with Gasteiger partial charge in [0.2, 0.25) is 0 Å². The van der Waals surface area contributed by atoms with Crippen LogP contribution in [0.3, 0.4) is 0 Å². The SMILES string of the molecule is CCCCCCCCCCCCc1cc(C)c(O)c(C(=O)OC)c1. The number of unbranched alkanes of at least 4 members (excludes halogenated alkanes) is 9. The van der Waals surface area contributed by atoms with E-state index in [1.807, 2.05) is 13.0 Å². The highest BCUT2D eigenvalue weighted by atomic mass is 16.5. The van der Waals surface area contributed by atoms with Crippen LogP contribution in [0.2, 0.25) is 0 Å². The van der Waals surface area contributed by atoms with Gasteiger partial charge in [-0.15, -0.1) is 0 Å². The number of aryl methyl sites for hydroxylation is 2. The Hall–Kier alpha value is -1.51. The Bertz CT molecular complexity index is 494. The maximum atomic E-state index is 11.7. The highest BCUT2D eigenvalue weighted by molar-refractivity contribution is 5.93. The van der Waals surface area contributed by atoms with E-state index in [0.29, 0.717) is 0 Å². The average Bonchev–Trinajstić information content (AvgIpc) is 2.58. The molecule has 1 rings (SSSR count). The van der Waals surface area contributed by atoms with Crippen molar-refractivity contribution in [2.24, 2.45) is 0 Å². The number of ether oxygens (including phenoxy) is 1. The first-order chi connectivity index (χ1) is 11.6. The van der Waals surface area contributed by atoms with Crippen molar-refractivity contribution >= 4 is 5.97 Å². The minimum absolute atomic E-state index is 0.0358. The number of hydrogen-bond donors (Lipinski definition) is 1. The van der Waals surface area contributed by atoms with Gasteiger partial charge in [-0.3, -0.25) is 0 Å². The molecule has 0 spiro atoms. The second-order valence-electron chi connectivity index (χ2n) is 6.73. The molecule has 0 saturated carbocycles. The van der Waals surface area contributed by atoms with Gasteiger partial charge >= 0.3 is 5.97 Å². The van der Waals surface area contributed by atoms with Crippen LogP contribution in [0.4, 0.5) is 0 Å². The number of phenols is 1. The van der Waals surface area contributed by atoms with Crippen LogP contribution in [-0.4, -0.2) is 18.2 Å². The van der Waals surface area contributed by atoms with Crippen molar-refractivity contribution in [3.63, 3.8) is 0 Å². The molecule has 3 nitrogen and oxygen atoms in total. The minimum Gasteiger partial charge on any atom is -0.507 e. The van der Waals surface area contributed by atoms with Crippen molar-refractivity contribution in [1.82, 2.24) is 0 Å². The van der Waals surface area contributed by atoms with Crippen LogP contribution in [0.25, 0.3) is 0 Å². The number of aromatic hydroxyl groups is 1. The lowest BCUT2D eigenvalue weighted by Gasteiger charge is -2.09. The molecule has 0 fully saturated rings. The van der Waals surface area contributed by atoms with Crippen LogP contribution < -0.4 is 0 Å². The highest BCUT2D eigenvalue weighted by Gasteiger charge is 2.14. The summed E-state index contributed by atoms with van der Waals surface area (Å²) in [6, 6.07) is 3.73.